The van der Waals surface area contributed by atoms with Crippen LogP contribution in [0.3, 0.4) is 0 Å². The van der Waals surface area contributed by atoms with Gasteiger partial charge in [0.2, 0.25) is 0 Å². The first-order valence-corrected chi connectivity index (χ1v) is 9.99. The topological polar surface area (TPSA) is 56.4 Å². The summed E-state index contributed by atoms with van der Waals surface area (Å²) in [5.41, 5.74) is 2.14. The van der Waals surface area contributed by atoms with Crippen LogP contribution in [0.15, 0.2) is 48.5 Å². The number of carbonyl (C=O) groups excluding carboxylic acids is 1. The number of ether oxygens (including phenoxy) is 2. The molecule has 1 aliphatic rings. The maximum Gasteiger partial charge on any atom is 0.279 e. The molecule has 1 saturated heterocycles. The molecule has 3 rings (SSSR count). The van der Waals surface area contributed by atoms with E-state index in [1.54, 1.807) is 12.0 Å². The number of nitrogens with one attached hydrogen (secondary N) is 3. The Hall–Kier alpha value is -2.57. The van der Waals surface area contributed by atoms with E-state index in [0.717, 1.165) is 49.9 Å². The molecule has 1 fully saturated rings. The number of quaternary nitrogens is 2. The predicted molar refractivity (Wildman–Crippen MR) is 109 cm³/mol. The van der Waals surface area contributed by atoms with E-state index in [9.17, 15) is 4.79 Å². The van der Waals surface area contributed by atoms with Crippen LogP contribution >= 0.6 is 0 Å². The lowest BCUT2D eigenvalue weighted by molar-refractivity contribution is -1.02. The van der Waals surface area contributed by atoms with E-state index in [1.807, 2.05) is 43.3 Å². The standard InChI is InChI=1S/C22H29N3O3/c1-3-28-21-10-6-19(7-11-21)23-22(26)17-25-14-12-24(13-15-25)16-18-4-8-20(27-2)9-5-18/h4-11H,3,12-17H2,1-2H3,(H,23,26)/p+2. The van der Waals surface area contributed by atoms with Crippen molar-refractivity contribution in [1.29, 1.82) is 0 Å². The van der Waals surface area contributed by atoms with Gasteiger partial charge in [0.25, 0.3) is 5.91 Å². The van der Waals surface area contributed by atoms with Crippen LogP contribution in [0.2, 0.25) is 0 Å². The SMILES string of the molecule is CCOc1ccc(NC(=O)C[NH+]2CC[NH+](Cc3ccc(OC)cc3)CC2)cc1. The zero-order valence-electron chi connectivity index (χ0n) is 16.8. The van der Waals surface area contributed by atoms with Crippen molar-refractivity contribution >= 4 is 11.6 Å². The molecular formula is C22H31N3O3+2. The Morgan fingerprint density at radius 3 is 2.14 bits per heavy atom. The van der Waals surface area contributed by atoms with Gasteiger partial charge in [0.05, 0.1) is 13.7 Å². The van der Waals surface area contributed by atoms with Crippen molar-refractivity contribution in [2.24, 2.45) is 0 Å². The molecular weight excluding hydrogens is 354 g/mol. The molecule has 0 saturated carbocycles. The van der Waals surface area contributed by atoms with Gasteiger partial charge in [0.15, 0.2) is 6.54 Å². The number of hydrogen-bond acceptors (Lipinski definition) is 3. The molecule has 1 amide bonds. The average molecular weight is 386 g/mol. The van der Waals surface area contributed by atoms with Crippen molar-refractivity contribution in [3.05, 3.63) is 54.1 Å². The van der Waals surface area contributed by atoms with Gasteiger partial charge in [-0.1, -0.05) is 0 Å². The molecule has 6 heteroatoms. The van der Waals surface area contributed by atoms with E-state index >= 15 is 0 Å². The van der Waals surface area contributed by atoms with Crippen LogP contribution in [0, 0.1) is 0 Å². The molecule has 2 aromatic carbocycles. The van der Waals surface area contributed by atoms with Gasteiger partial charge in [0, 0.05) is 11.3 Å². The number of amides is 1. The molecule has 28 heavy (non-hydrogen) atoms. The van der Waals surface area contributed by atoms with Gasteiger partial charge in [-0.15, -0.1) is 0 Å². The molecule has 0 atom stereocenters. The first-order valence-electron chi connectivity index (χ1n) is 9.99. The van der Waals surface area contributed by atoms with E-state index in [0.29, 0.717) is 13.2 Å². The van der Waals surface area contributed by atoms with Gasteiger partial charge in [-0.2, -0.15) is 0 Å². The summed E-state index contributed by atoms with van der Waals surface area (Å²) < 4.78 is 10.6. The Kier molecular flexibility index (Phi) is 7.28. The van der Waals surface area contributed by atoms with Crippen LogP contribution < -0.4 is 24.6 Å². The second kappa shape index (κ2) is 10.1. The minimum Gasteiger partial charge on any atom is -0.497 e. The number of benzene rings is 2. The van der Waals surface area contributed by atoms with Crippen molar-refractivity contribution in [3.8, 4) is 11.5 Å². The Morgan fingerprint density at radius 1 is 0.929 bits per heavy atom. The van der Waals surface area contributed by atoms with Crippen LogP contribution in [0.25, 0.3) is 0 Å². The quantitative estimate of drug-likeness (QED) is 0.600. The number of methoxy groups -OCH3 is 1. The molecule has 6 nitrogen and oxygen atoms in total. The monoisotopic (exact) mass is 385 g/mol. The highest BCUT2D eigenvalue weighted by Gasteiger charge is 2.24. The molecule has 0 radical (unpaired) electrons. The molecule has 0 aromatic heterocycles. The lowest BCUT2D eigenvalue weighted by Gasteiger charge is -2.29. The minimum atomic E-state index is 0.0674. The van der Waals surface area contributed by atoms with Crippen LogP contribution in [0.4, 0.5) is 5.69 Å². The predicted octanol–water partition coefficient (Wildman–Crippen LogP) is 0.0160. The molecule has 0 bridgehead atoms. The molecule has 150 valence electrons. The van der Waals surface area contributed by atoms with Crippen molar-refractivity contribution in [1.82, 2.24) is 0 Å². The molecule has 1 heterocycles. The summed E-state index contributed by atoms with van der Waals surface area (Å²) in [5.74, 6) is 1.78. The van der Waals surface area contributed by atoms with Gasteiger partial charge in [-0.25, -0.2) is 0 Å². The van der Waals surface area contributed by atoms with E-state index in [-0.39, 0.29) is 5.91 Å². The van der Waals surface area contributed by atoms with Crippen molar-refractivity contribution in [2.75, 3.05) is 51.8 Å². The summed E-state index contributed by atoms with van der Waals surface area (Å²) in [7, 11) is 1.69. The molecule has 0 spiro atoms. The maximum absolute atomic E-state index is 12.3. The highest BCUT2D eigenvalue weighted by molar-refractivity contribution is 5.91. The molecule has 1 aliphatic heterocycles. The average Bonchev–Trinajstić information content (AvgIpc) is 2.72. The number of carbonyl (C=O) groups is 1. The Bertz CT molecular complexity index is 739. The third-order valence-corrected chi connectivity index (χ3v) is 5.14. The number of rotatable bonds is 8. The van der Waals surface area contributed by atoms with E-state index < -0.39 is 0 Å². The lowest BCUT2D eigenvalue weighted by Crippen LogP contribution is -3.28. The largest absolute Gasteiger partial charge is 0.497 e. The van der Waals surface area contributed by atoms with Gasteiger partial charge in [0.1, 0.15) is 44.2 Å². The van der Waals surface area contributed by atoms with E-state index in [2.05, 4.69) is 17.4 Å². The maximum atomic E-state index is 12.3. The van der Waals surface area contributed by atoms with E-state index in [4.69, 9.17) is 9.47 Å². The second-order valence-electron chi connectivity index (χ2n) is 7.21. The smallest absolute Gasteiger partial charge is 0.279 e. The summed E-state index contributed by atoms with van der Waals surface area (Å²) in [5, 5.41) is 2.99. The van der Waals surface area contributed by atoms with Crippen LogP contribution in [0.1, 0.15) is 12.5 Å². The van der Waals surface area contributed by atoms with Crippen molar-refractivity contribution in [2.45, 2.75) is 13.5 Å². The summed E-state index contributed by atoms with van der Waals surface area (Å²) in [4.78, 5) is 15.3. The van der Waals surface area contributed by atoms with Gasteiger partial charge in [-0.3, -0.25) is 4.79 Å². The zero-order chi connectivity index (χ0) is 19.8. The molecule has 0 unspecified atom stereocenters. The fourth-order valence-corrected chi connectivity index (χ4v) is 3.58. The first kappa shape index (κ1) is 20.2. The third-order valence-electron chi connectivity index (χ3n) is 5.14. The fraction of sp³-hybridized carbons (Fsp3) is 0.409. The highest BCUT2D eigenvalue weighted by Crippen LogP contribution is 2.15. The van der Waals surface area contributed by atoms with E-state index in [1.165, 1.54) is 10.5 Å². The van der Waals surface area contributed by atoms with Crippen LogP contribution in [0.5, 0.6) is 11.5 Å². The Labute approximate surface area is 167 Å². The number of piperazine rings is 1. The number of hydrogen-bond donors (Lipinski definition) is 3. The summed E-state index contributed by atoms with van der Waals surface area (Å²) in [6.45, 7) is 8.33. The summed E-state index contributed by atoms with van der Waals surface area (Å²) in [6, 6.07) is 15.8. The molecule has 3 N–H and O–H groups in total. The van der Waals surface area contributed by atoms with Crippen molar-refractivity contribution < 1.29 is 24.1 Å². The fourth-order valence-electron chi connectivity index (χ4n) is 3.58. The first-order chi connectivity index (χ1) is 13.7. The number of anilines is 1. The van der Waals surface area contributed by atoms with Crippen molar-refractivity contribution in [3.63, 3.8) is 0 Å². The Balaban J connectivity index is 1.40. The van der Waals surface area contributed by atoms with Gasteiger partial charge < -0.3 is 24.6 Å². The highest BCUT2D eigenvalue weighted by atomic mass is 16.5. The minimum absolute atomic E-state index is 0.0674. The van der Waals surface area contributed by atoms with Crippen LogP contribution in [-0.4, -0.2) is 52.3 Å². The zero-order valence-corrected chi connectivity index (χ0v) is 16.8. The second-order valence-corrected chi connectivity index (χ2v) is 7.21. The summed E-state index contributed by atoms with van der Waals surface area (Å²) >= 11 is 0. The van der Waals surface area contributed by atoms with Gasteiger partial charge in [-0.05, 0) is 55.5 Å². The molecule has 2 aromatic rings. The Morgan fingerprint density at radius 2 is 1.54 bits per heavy atom. The lowest BCUT2D eigenvalue weighted by atomic mass is 10.2. The normalized spacial score (nSPS) is 19.1. The third kappa shape index (κ3) is 5.97. The summed E-state index contributed by atoms with van der Waals surface area (Å²) in [6.07, 6.45) is 0. The van der Waals surface area contributed by atoms with Crippen LogP contribution in [-0.2, 0) is 11.3 Å². The van der Waals surface area contributed by atoms with Gasteiger partial charge >= 0.3 is 0 Å². The molecule has 0 aliphatic carbocycles.